The van der Waals surface area contributed by atoms with E-state index in [9.17, 15) is 18.8 Å². The Bertz CT molecular complexity index is 775. The highest BCUT2D eigenvalue weighted by atomic mass is 32.2. The first-order valence-electron chi connectivity index (χ1n) is 7.93. The summed E-state index contributed by atoms with van der Waals surface area (Å²) >= 11 is 1.17. The fourth-order valence-electron chi connectivity index (χ4n) is 2.06. The fourth-order valence-corrected chi connectivity index (χ4v) is 2.77. The highest BCUT2D eigenvalue weighted by Crippen LogP contribution is 2.13. The van der Waals surface area contributed by atoms with Crippen molar-refractivity contribution < 1.29 is 23.5 Å². The minimum absolute atomic E-state index is 0.104. The van der Waals surface area contributed by atoms with Crippen molar-refractivity contribution in [3.05, 3.63) is 65.5 Å². The molecule has 0 fully saturated rings. The van der Waals surface area contributed by atoms with Crippen molar-refractivity contribution in [3.63, 3.8) is 0 Å². The lowest BCUT2D eigenvalue weighted by molar-refractivity contribution is -0.113. The smallest absolute Gasteiger partial charge is 0.338 e. The Morgan fingerprint density at radius 2 is 1.58 bits per heavy atom. The molecule has 0 aliphatic heterocycles. The summed E-state index contributed by atoms with van der Waals surface area (Å²) in [6.07, 6.45) is 0. The van der Waals surface area contributed by atoms with E-state index in [1.54, 1.807) is 31.2 Å². The average molecular weight is 375 g/mol. The van der Waals surface area contributed by atoms with E-state index in [1.165, 1.54) is 36.0 Å². The van der Waals surface area contributed by atoms with E-state index in [2.05, 4.69) is 5.32 Å². The first-order valence-corrected chi connectivity index (χ1v) is 9.08. The zero-order valence-corrected chi connectivity index (χ0v) is 15.0. The molecule has 0 atom stereocenters. The quantitative estimate of drug-likeness (QED) is 0.564. The number of rotatable bonds is 8. The molecule has 0 spiro atoms. The van der Waals surface area contributed by atoms with Crippen molar-refractivity contribution in [1.82, 2.24) is 0 Å². The molecule has 2 aromatic carbocycles. The second kappa shape index (κ2) is 9.72. The Morgan fingerprint density at radius 3 is 2.19 bits per heavy atom. The molecule has 0 bridgehead atoms. The van der Waals surface area contributed by atoms with Gasteiger partial charge in [-0.05, 0) is 55.5 Å². The summed E-state index contributed by atoms with van der Waals surface area (Å²) in [6, 6.07) is 11.6. The molecule has 0 radical (unpaired) electrons. The van der Waals surface area contributed by atoms with Gasteiger partial charge in [-0.2, -0.15) is 0 Å². The summed E-state index contributed by atoms with van der Waals surface area (Å²) in [5, 5.41) is 2.69. The molecule has 2 rings (SSSR count). The molecule has 0 saturated carbocycles. The number of thioether (sulfide) groups is 1. The summed E-state index contributed by atoms with van der Waals surface area (Å²) in [7, 11) is 0. The first-order chi connectivity index (χ1) is 12.5. The van der Waals surface area contributed by atoms with Crippen LogP contribution in [0.4, 0.5) is 10.1 Å². The van der Waals surface area contributed by atoms with E-state index in [4.69, 9.17) is 4.74 Å². The standard InChI is InChI=1S/C19H18FNO4S/c1-2-25-19(24)14-5-9-16(10-6-14)21-18(23)12-26-11-17(22)13-3-7-15(20)8-4-13/h3-10H,2,11-12H2,1H3,(H,21,23). The minimum atomic E-state index is -0.416. The van der Waals surface area contributed by atoms with Gasteiger partial charge in [0.15, 0.2) is 5.78 Å². The van der Waals surface area contributed by atoms with Gasteiger partial charge >= 0.3 is 5.97 Å². The summed E-state index contributed by atoms with van der Waals surface area (Å²) < 4.78 is 17.7. The van der Waals surface area contributed by atoms with Crippen LogP contribution in [-0.4, -0.2) is 35.8 Å². The molecule has 5 nitrogen and oxygen atoms in total. The second-order valence-electron chi connectivity index (χ2n) is 5.27. The molecule has 7 heteroatoms. The van der Waals surface area contributed by atoms with Gasteiger partial charge in [-0.1, -0.05) is 0 Å². The SMILES string of the molecule is CCOC(=O)c1ccc(NC(=O)CSCC(=O)c2ccc(F)cc2)cc1. The van der Waals surface area contributed by atoms with E-state index >= 15 is 0 Å². The normalized spacial score (nSPS) is 10.2. The zero-order chi connectivity index (χ0) is 18.9. The summed E-state index contributed by atoms with van der Waals surface area (Å²) in [5.41, 5.74) is 1.37. The number of halogens is 1. The molecule has 0 aliphatic carbocycles. The van der Waals surface area contributed by atoms with Crippen molar-refractivity contribution in [1.29, 1.82) is 0 Å². The van der Waals surface area contributed by atoms with Crippen LogP contribution < -0.4 is 5.32 Å². The number of carbonyl (C=O) groups is 3. The number of Topliss-reactive ketones (excluding diaryl/α,β-unsaturated/α-hetero) is 1. The fraction of sp³-hybridized carbons (Fsp3) is 0.211. The van der Waals surface area contributed by atoms with Crippen molar-refractivity contribution in [2.75, 3.05) is 23.4 Å². The maximum atomic E-state index is 12.8. The minimum Gasteiger partial charge on any atom is -0.462 e. The number of ketones is 1. The second-order valence-corrected chi connectivity index (χ2v) is 6.25. The van der Waals surface area contributed by atoms with Crippen molar-refractivity contribution in [3.8, 4) is 0 Å². The predicted molar refractivity (Wildman–Crippen MR) is 99.1 cm³/mol. The van der Waals surface area contributed by atoms with Crippen molar-refractivity contribution >= 4 is 35.1 Å². The Hall–Kier alpha value is -2.67. The van der Waals surface area contributed by atoms with Crippen LogP contribution in [0.25, 0.3) is 0 Å². The average Bonchev–Trinajstić information content (AvgIpc) is 2.63. The number of ether oxygens (including phenoxy) is 1. The Morgan fingerprint density at radius 1 is 0.962 bits per heavy atom. The van der Waals surface area contributed by atoms with Crippen molar-refractivity contribution in [2.24, 2.45) is 0 Å². The van der Waals surface area contributed by atoms with Gasteiger partial charge < -0.3 is 10.1 Å². The van der Waals surface area contributed by atoms with Crippen LogP contribution in [0.2, 0.25) is 0 Å². The number of esters is 1. The largest absolute Gasteiger partial charge is 0.462 e. The third-order valence-corrected chi connectivity index (χ3v) is 4.24. The number of nitrogens with one attached hydrogen (secondary N) is 1. The summed E-state index contributed by atoms with van der Waals surface area (Å²) in [6.45, 7) is 2.02. The lowest BCUT2D eigenvalue weighted by Crippen LogP contribution is -2.15. The van der Waals surface area contributed by atoms with Crippen LogP contribution in [0.3, 0.4) is 0 Å². The number of carbonyl (C=O) groups excluding carboxylic acids is 3. The van der Waals surface area contributed by atoms with Crippen LogP contribution in [0, 0.1) is 5.82 Å². The maximum absolute atomic E-state index is 12.8. The first kappa shape index (κ1) is 19.7. The molecule has 136 valence electrons. The molecule has 1 amide bonds. The third-order valence-electron chi connectivity index (χ3n) is 3.31. The van der Waals surface area contributed by atoms with Gasteiger partial charge in [-0.15, -0.1) is 11.8 Å². The lowest BCUT2D eigenvalue weighted by atomic mass is 10.1. The van der Waals surface area contributed by atoms with E-state index in [1.807, 2.05) is 0 Å². The number of amides is 1. The van der Waals surface area contributed by atoms with E-state index < -0.39 is 11.8 Å². The number of hydrogen-bond acceptors (Lipinski definition) is 5. The Labute approximate surface area is 154 Å². The molecule has 0 aromatic heterocycles. The van der Waals surface area contributed by atoms with Crippen LogP contribution in [0.5, 0.6) is 0 Å². The molecular formula is C19H18FNO4S. The van der Waals surface area contributed by atoms with Gasteiger partial charge in [0.25, 0.3) is 0 Å². The van der Waals surface area contributed by atoms with E-state index in [0.29, 0.717) is 23.4 Å². The maximum Gasteiger partial charge on any atom is 0.338 e. The van der Waals surface area contributed by atoms with Gasteiger partial charge in [-0.3, -0.25) is 9.59 Å². The molecular weight excluding hydrogens is 357 g/mol. The number of hydrogen-bond donors (Lipinski definition) is 1. The van der Waals surface area contributed by atoms with Crippen LogP contribution >= 0.6 is 11.8 Å². The zero-order valence-electron chi connectivity index (χ0n) is 14.2. The van der Waals surface area contributed by atoms with Gasteiger partial charge in [-0.25, -0.2) is 9.18 Å². The molecule has 1 N–H and O–H groups in total. The molecule has 0 aliphatic rings. The van der Waals surface area contributed by atoms with Gasteiger partial charge in [0.2, 0.25) is 5.91 Å². The Kier molecular flexibility index (Phi) is 7.35. The molecule has 0 saturated heterocycles. The summed E-state index contributed by atoms with van der Waals surface area (Å²) in [4.78, 5) is 35.4. The lowest BCUT2D eigenvalue weighted by Gasteiger charge is -2.06. The van der Waals surface area contributed by atoms with Crippen LogP contribution in [0.1, 0.15) is 27.6 Å². The summed E-state index contributed by atoms with van der Waals surface area (Å²) in [5.74, 6) is -1.01. The molecule has 0 heterocycles. The highest BCUT2D eigenvalue weighted by molar-refractivity contribution is 8.00. The monoisotopic (exact) mass is 375 g/mol. The van der Waals surface area contributed by atoms with Gasteiger partial charge in [0.05, 0.1) is 23.7 Å². The Balaban J connectivity index is 1.77. The molecule has 0 unspecified atom stereocenters. The molecule has 26 heavy (non-hydrogen) atoms. The van der Waals surface area contributed by atoms with Crippen molar-refractivity contribution in [2.45, 2.75) is 6.92 Å². The number of benzene rings is 2. The van der Waals surface area contributed by atoms with Crippen LogP contribution in [-0.2, 0) is 9.53 Å². The molecule has 2 aromatic rings. The number of anilines is 1. The van der Waals surface area contributed by atoms with Gasteiger partial charge in [0, 0.05) is 11.3 Å². The van der Waals surface area contributed by atoms with E-state index in [0.717, 1.165) is 0 Å². The van der Waals surface area contributed by atoms with E-state index in [-0.39, 0.29) is 23.2 Å². The van der Waals surface area contributed by atoms with Gasteiger partial charge in [0.1, 0.15) is 5.82 Å². The highest BCUT2D eigenvalue weighted by Gasteiger charge is 2.10. The third kappa shape index (κ3) is 6.00. The topological polar surface area (TPSA) is 72.5 Å². The predicted octanol–water partition coefficient (Wildman–Crippen LogP) is 3.56. The van der Waals surface area contributed by atoms with Crippen LogP contribution in [0.15, 0.2) is 48.5 Å².